The Labute approximate surface area is 173 Å². The number of aliphatic imine (C=N–C) groups is 1. The van der Waals surface area contributed by atoms with Crippen molar-refractivity contribution in [1.82, 2.24) is 10.2 Å². The minimum Gasteiger partial charge on any atom is -0.493 e. The van der Waals surface area contributed by atoms with E-state index < -0.39 is 5.60 Å². The third kappa shape index (κ3) is 7.03. The third-order valence-electron chi connectivity index (χ3n) is 4.69. The van der Waals surface area contributed by atoms with Crippen LogP contribution in [-0.2, 0) is 4.74 Å². The van der Waals surface area contributed by atoms with Crippen molar-refractivity contribution in [3.05, 3.63) is 18.2 Å². The van der Waals surface area contributed by atoms with Gasteiger partial charge in [-0.25, -0.2) is 4.79 Å². The van der Waals surface area contributed by atoms with Crippen LogP contribution in [0.1, 0.15) is 33.6 Å². The van der Waals surface area contributed by atoms with E-state index in [2.05, 4.69) is 15.6 Å². The van der Waals surface area contributed by atoms with Gasteiger partial charge in [0.05, 0.1) is 14.2 Å². The fraction of sp³-hybridized carbons (Fsp3) is 0.619. The molecule has 0 unspecified atom stereocenters. The van der Waals surface area contributed by atoms with E-state index in [1.807, 2.05) is 39.0 Å². The third-order valence-corrected chi connectivity index (χ3v) is 4.69. The van der Waals surface area contributed by atoms with Crippen LogP contribution in [-0.4, -0.2) is 63.5 Å². The van der Waals surface area contributed by atoms with Crippen LogP contribution in [0.4, 0.5) is 10.5 Å². The Hall–Kier alpha value is -2.64. The highest BCUT2D eigenvalue weighted by atomic mass is 16.6. The van der Waals surface area contributed by atoms with E-state index in [4.69, 9.17) is 14.2 Å². The van der Waals surface area contributed by atoms with Crippen molar-refractivity contribution in [3.63, 3.8) is 0 Å². The molecule has 1 aromatic rings. The molecule has 8 heteroatoms. The lowest BCUT2D eigenvalue weighted by molar-refractivity contribution is 0.0185. The molecule has 1 aliphatic heterocycles. The van der Waals surface area contributed by atoms with Crippen LogP contribution in [0.2, 0.25) is 0 Å². The predicted molar refractivity (Wildman–Crippen MR) is 115 cm³/mol. The highest BCUT2D eigenvalue weighted by Crippen LogP contribution is 2.29. The summed E-state index contributed by atoms with van der Waals surface area (Å²) in [6.45, 7) is 7.87. The number of rotatable bonds is 5. The van der Waals surface area contributed by atoms with Crippen molar-refractivity contribution < 1.29 is 19.0 Å². The number of hydrogen-bond donors (Lipinski definition) is 2. The van der Waals surface area contributed by atoms with Gasteiger partial charge < -0.3 is 29.7 Å². The zero-order valence-corrected chi connectivity index (χ0v) is 18.4. The molecule has 1 aromatic carbocycles. The van der Waals surface area contributed by atoms with E-state index in [9.17, 15) is 4.79 Å². The number of ether oxygens (including phenoxy) is 3. The first-order valence-electron chi connectivity index (χ1n) is 9.93. The molecule has 0 atom stereocenters. The van der Waals surface area contributed by atoms with E-state index in [0.717, 1.165) is 25.1 Å². The maximum Gasteiger partial charge on any atom is 0.410 e. The van der Waals surface area contributed by atoms with Crippen LogP contribution < -0.4 is 20.1 Å². The quantitative estimate of drug-likeness (QED) is 0.576. The van der Waals surface area contributed by atoms with Gasteiger partial charge in [0.25, 0.3) is 0 Å². The number of amides is 1. The summed E-state index contributed by atoms with van der Waals surface area (Å²) in [5.74, 6) is 2.49. The minimum absolute atomic E-state index is 0.227. The van der Waals surface area contributed by atoms with Crippen LogP contribution in [0.5, 0.6) is 11.5 Å². The van der Waals surface area contributed by atoms with Crippen molar-refractivity contribution in [3.8, 4) is 11.5 Å². The van der Waals surface area contributed by atoms with Crippen molar-refractivity contribution >= 4 is 17.7 Å². The Bertz CT molecular complexity index is 707. The number of anilines is 1. The number of carbonyl (C=O) groups is 1. The Morgan fingerprint density at radius 1 is 1.17 bits per heavy atom. The first kappa shape index (κ1) is 22.6. The van der Waals surface area contributed by atoms with Crippen LogP contribution in [0.25, 0.3) is 0 Å². The highest BCUT2D eigenvalue weighted by Gasteiger charge is 2.26. The first-order chi connectivity index (χ1) is 13.8. The van der Waals surface area contributed by atoms with E-state index in [1.165, 1.54) is 0 Å². The summed E-state index contributed by atoms with van der Waals surface area (Å²) in [6.07, 6.45) is 1.63. The van der Waals surface area contributed by atoms with Gasteiger partial charge in [-0.1, -0.05) is 0 Å². The van der Waals surface area contributed by atoms with Crippen molar-refractivity contribution in [2.24, 2.45) is 10.9 Å². The monoisotopic (exact) mass is 406 g/mol. The summed E-state index contributed by atoms with van der Waals surface area (Å²) < 4.78 is 16.1. The average molecular weight is 407 g/mol. The second kappa shape index (κ2) is 10.2. The fourth-order valence-corrected chi connectivity index (χ4v) is 3.12. The summed E-state index contributed by atoms with van der Waals surface area (Å²) in [6, 6.07) is 5.62. The lowest BCUT2D eigenvalue weighted by Crippen LogP contribution is -2.44. The van der Waals surface area contributed by atoms with Gasteiger partial charge in [-0.15, -0.1) is 0 Å². The van der Waals surface area contributed by atoms with Crippen molar-refractivity contribution in [2.75, 3.05) is 46.2 Å². The van der Waals surface area contributed by atoms with Crippen LogP contribution >= 0.6 is 0 Å². The molecule has 0 aliphatic carbocycles. The zero-order chi connectivity index (χ0) is 21.4. The van der Waals surface area contributed by atoms with Gasteiger partial charge in [-0.3, -0.25) is 4.99 Å². The molecule has 0 aromatic heterocycles. The number of carbonyl (C=O) groups excluding carboxylic acids is 1. The van der Waals surface area contributed by atoms with Crippen molar-refractivity contribution in [1.29, 1.82) is 0 Å². The fourth-order valence-electron chi connectivity index (χ4n) is 3.12. The Balaban J connectivity index is 1.81. The maximum absolute atomic E-state index is 12.2. The van der Waals surface area contributed by atoms with E-state index >= 15 is 0 Å². The predicted octanol–water partition coefficient (Wildman–Crippen LogP) is 3.34. The van der Waals surface area contributed by atoms with Gasteiger partial charge in [0, 0.05) is 38.4 Å². The molecule has 1 fully saturated rings. The zero-order valence-electron chi connectivity index (χ0n) is 18.4. The van der Waals surface area contributed by atoms with Gasteiger partial charge in [0.1, 0.15) is 5.60 Å². The molecular weight excluding hydrogens is 372 g/mol. The molecule has 1 heterocycles. The summed E-state index contributed by atoms with van der Waals surface area (Å²) in [4.78, 5) is 18.3. The first-order valence-corrected chi connectivity index (χ1v) is 9.93. The van der Waals surface area contributed by atoms with Crippen LogP contribution in [0.3, 0.4) is 0 Å². The van der Waals surface area contributed by atoms with Crippen LogP contribution in [0, 0.1) is 5.92 Å². The summed E-state index contributed by atoms with van der Waals surface area (Å²) >= 11 is 0. The maximum atomic E-state index is 12.2. The minimum atomic E-state index is -0.461. The molecule has 162 valence electrons. The molecule has 2 N–H and O–H groups in total. The molecule has 8 nitrogen and oxygen atoms in total. The Morgan fingerprint density at radius 2 is 1.83 bits per heavy atom. The van der Waals surface area contributed by atoms with Gasteiger partial charge in [0.2, 0.25) is 0 Å². The molecule has 0 radical (unpaired) electrons. The van der Waals surface area contributed by atoms with Gasteiger partial charge >= 0.3 is 6.09 Å². The smallest absolute Gasteiger partial charge is 0.410 e. The number of piperidine rings is 1. The van der Waals surface area contributed by atoms with Gasteiger partial charge in [-0.2, -0.15) is 0 Å². The molecule has 1 amide bonds. The standard InChI is InChI=1S/C21H34N4O4/c1-21(2,3)29-20(26)25-11-9-15(10-12-25)14-23-19(22-4)24-16-7-8-17(27-5)18(13-16)28-6/h7-8,13,15H,9-12,14H2,1-6H3,(H2,22,23,24). The lowest BCUT2D eigenvalue weighted by Gasteiger charge is -2.33. The largest absolute Gasteiger partial charge is 0.493 e. The topological polar surface area (TPSA) is 84.4 Å². The molecule has 2 rings (SSSR count). The van der Waals surface area contributed by atoms with Crippen molar-refractivity contribution in [2.45, 2.75) is 39.2 Å². The second-order valence-electron chi connectivity index (χ2n) is 8.06. The molecule has 1 saturated heterocycles. The Morgan fingerprint density at radius 3 is 2.38 bits per heavy atom. The summed E-state index contributed by atoms with van der Waals surface area (Å²) in [5.41, 5.74) is 0.396. The number of nitrogens with zero attached hydrogens (tertiary/aromatic N) is 2. The van der Waals surface area contributed by atoms with Crippen LogP contribution in [0.15, 0.2) is 23.2 Å². The average Bonchev–Trinajstić information content (AvgIpc) is 2.70. The number of guanidine groups is 1. The summed E-state index contributed by atoms with van der Waals surface area (Å²) in [5, 5.41) is 6.63. The van der Waals surface area contributed by atoms with E-state index in [-0.39, 0.29) is 6.09 Å². The SMILES string of the molecule is CN=C(NCC1CCN(C(=O)OC(C)(C)C)CC1)Nc1ccc(OC)c(OC)c1. The molecule has 29 heavy (non-hydrogen) atoms. The normalized spacial score (nSPS) is 15.7. The number of likely N-dealkylation sites (tertiary alicyclic amines) is 1. The number of hydrogen-bond acceptors (Lipinski definition) is 5. The molecule has 0 spiro atoms. The second-order valence-corrected chi connectivity index (χ2v) is 8.06. The molecule has 0 saturated carbocycles. The van der Waals surface area contributed by atoms with Gasteiger partial charge in [-0.05, 0) is 51.7 Å². The molecule has 1 aliphatic rings. The number of methoxy groups -OCH3 is 2. The summed E-state index contributed by atoms with van der Waals surface area (Å²) in [7, 11) is 4.96. The van der Waals surface area contributed by atoms with E-state index in [1.54, 1.807) is 26.2 Å². The Kier molecular flexibility index (Phi) is 7.99. The molecular formula is C21H34N4O4. The van der Waals surface area contributed by atoms with Gasteiger partial charge in [0.15, 0.2) is 17.5 Å². The highest BCUT2D eigenvalue weighted by molar-refractivity contribution is 5.93. The number of benzene rings is 1. The number of nitrogens with one attached hydrogen (secondary N) is 2. The lowest BCUT2D eigenvalue weighted by atomic mass is 9.97. The molecule has 0 bridgehead atoms. The van der Waals surface area contributed by atoms with E-state index in [0.29, 0.717) is 36.5 Å².